The average molecular weight is 224 g/mol. The van der Waals surface area contributed by atoms with Gasteiger partial charge in [0.1, 0.15) is 5.75 Å². The molecule has 16 heavy (non-hydrogen) atoms. The van der Waals surface area contributed by atoms with Gasteiger partial charge in [-0.3, -0.25) is 4.79 Å². The van der Waals surface area contributed by atoms with Gasteiger partial charge in [-0.1, -0.05) is 0 Å². The Hall–Kier alpha value is -1.75. The third-order valence-corrected chi connectivity index (χ3v) is 2.44. The topological polar surface area (TPSA) is 86.8 Å². The van der Waals surface area contributed by atoms with E-state index in [2.05, 4.69) is 0 Å². The molecule has 1 aromatic rings. The van der Waals surface area contributed by atoms with E-state index in [9.17, 15) is 9.90 Å². The summed E-state index contributed by atoms with van der Waals surface area (Å²) >= 11 is 0. The van der Waals surface area contributed by atoms with E-state index in [1.807, 2.05) is 19.0 Å². The standard InChI is InChI=1S/C11H16N2O3/c1-13(2)7-3-4-10(14)8(5-7)9(6-12)11(15)16/h3-5,9,14H,6,12H2,1-2H3,(H,15,16). The van der Waals surface area contributed by atoms with Crippen molar-refractivity contribution in [2.45, 2.75) is 5.92 Å². The Labute approximate surface area is 94.1 Å². The molecule has 88 valence electrons. The van der Waals surface area contributed by atoms with Crippen LogP contribution in [-0.2, 0) is 4.79 Å². The molecule has 5 nitrogen and oxygen atoms in total. The highest BCUT2D eigenvalue weighted by Crippen LogP contribution is 2.29. The quantitative estimate of drug-likeness (QED) is 0.696. The van der Waals surface area contributed by atoms with Crippen molar-refractivity contribution in [2.75, 3.05) is 25.5 Å². The first-order valence-electron chi connectivity index (χ1n) is 4.90. The predicted octanol–water partition coefficient (Wildman–Crippen LogP) is 0.585. The minimum absolute atomic E-state index is 0.0385. The van der Waals surface area contributed by atoms with Crippen LogP contribution in [0.5, 0.6) is 5.75 Å². The predicted molar refractivity (Wildman–Crippen MR) is 61.9 cm³/mol. The normalized spacial score (nSPS) is 12.2. The van der Waals surface area contributed by atoms with Crippen LogP contribution in [0.15, 0.2) is 18.2 Å². The number of phenols is 1. The summed E-state index contributed by atoms with van der Waals surface area (Å²) in [5.74, 6) is -1.95. The van der Waals surface area contributed by atoms with Gasteiger partial charge in [0.05, 0.1) is 5.92 Å². The fourth-order valence-corrected chi connectivity index (χ4v) is 1.46. The Morgan fingerprint density at radius 2 is 2.12 bits per heavy atom. The summed E-state index contributed by atoms with van der Waals surface area (Å²) in [6.07, 6.45) is 0. The number of carbonyl (C=O) groups is 1. The molecule has 0 aliphatic rings. The van der Waals surface area contributed by atoms with Gasteiger partial charge in [-0.25, -0.2) is 0 Å². The molecule has 4 N–H and O–H groups in total. The van der Waals surface area contributed by atoms with Crippen molar-refractivity contribution in [2.24, 2.45) is 5.73 Å². The zero-order chi connectivity index (χ0) is 12.3. The number of nitrogens with two attached hydrogens (primary N) is 1. The van der Waals surface area contributed by atoms with Crippen LogP contribution in [0, 0.1) is 0 Å². The number of anilines is 1. The average Bonchev–Trinajstić information content (AvgIpc) is 2.20. The molecule has 1 rings (SSSR count). The lowest BCUT2D eigenvalue weighted by Gasteiger charge is -2.17. The molecule has 5 heteroatoms. The van der Waals surface area contributed by atoms with E-state index in [-0.39, 0.29) is 12.3 Å². The summed E-state index contributed by atoms with van der Waals surface area (Å²) in [6, 6.07) is 4.84. The van der Waals surface area contributed by atoms with E-state index < -0.39 is 11.9 Å². The number of aliphatic carboxylic acids is 1. The zero-order valence-corrected chi connectivity index (χ0v) is 9.34. The second-order valence-electron chi connectivity index (χ2n) is 3.76. The van der Waals surface area contributed by atoms with Gasteiger partial charge in [0.2, 0.25) is 0 Å². The molecule has 0 spiro atoms. The zero-order valence-electron chi connectivity index (χ0n) is 9.34. The van der Waals surface area contributed by atoms with Crippen LogP contribution in [0.25, 0.3) is 0 Å². The lowest BCUT2D eigenvalue weighted by Crippen LogP contribution is -2.21. The summed E-state index contributed by atoms with van der Waals surface area (Å²) < 4.78 is 0. The molecule has 1 aromatic carbocycles. The van der Waals surface area contributed by atoms with Gasteiger partial charge in [-0.05, 0) is 18.2 Å². The Morgan fingerprint density at radius 1 is 1.50 bits per heavy atom. The van der Waals surface area contributed by atoms with Crippen molar-refractivity contribution in [1.82, 2.24) is 0 Å². The highest BCUT2D eigenvalue weighted by molar-refractivity contribution is 5.78. The minimum Gasteiger partial charge on any atom is -0.508 e. The maximum atomic E-state index is 11.0. The number of rotatable bonds is 4. The second-order valence-corrected chi connectivity index (χ2v) is 3.76. The Bertz CT molecular complexity index is 391. The molecule has 0 aliphatic heterocycles. The van der Waals surface area contributed by atoms with Crippen LogP contribution in [-0.4, -0.2) is 36.8 Å². The number of carboxylic acids is 1. The van der Waals surface area contributed by atoms with Crippen LogP contribution in [0.2, 0.25) is 0 Å². The molecule has 0 radical (unpaired) electrons. The van der Waals surface area contributed by atoms with Gasteiger partial charge in [0.25, 0.3) is 0 Å². The van der Waals surface area contributed by atoms with Crippen molar-refractivity contribution in [1.29, 1.82) is 0 Å². The van der Waals surface area contributed by atoms with Gasteiger partial charge < -0.3 is 20.8 Å². The number of carboxylic acid groups (broad SMARTS) is 1. The van der Waals surface area contributed by atoms with Crippen molar-refractivity contribution >= 4 is 11.7 Å². The Kier molecular flexibility index (Phi) is 3.73. The van der Waals surface area contributed by atoms with E-state index in [1.165, 1.54) is 6.07 Å². The number of hydrogen-bond acceptors (Lipinski definition) is 4. The molecule has 0 bridgehead atoms. The smallest absolute Gasteiger partial charge is 0.312 e. The highest BCUT2D eigenvalue weighted by Gasteiger charge is 2.21. The SMILES string of the molecule is CN(C)c1ccc(O)c(C(CN)C(=O)O)c1. The fraction of sp³-hybridized carbons (Fsp3) is 0.364. The van der Waals surface area contributed by atoms with Crippen LogP contribution in [0.4, 0.5) is 5.69 Å². The summed E-state index contributed by atoms with van der Waals surface area (Å²) in [4.78, 5) is 12.8. The van der Waals surface area contributed by atoms with Gasteiger partial charge in [-0.15, -0.1) is 0 Å². The van der Waals surface area contributed by atoms with E-state index >= 15 is 0 Å². The fourth-order valence-electron chi connectivity index (χ4n) is 1.46. The third-order valence-electron chi connectivity index (χ3n) is 2.44. The Morgan fingerprint density at radius 3 is 2.56 bits per heavy atom. The molecule has 0 saturated carbocycles. The number of nitrogens with zero attached hydrogens (tertiary/aromatic N) is 1. The molecule has 0 fully saturated rings. The maximum absolute atomic E-state index is 11.0. The molecule has 0 amide bonds. The summed E-state index contributed by atoms with van der Waals surface area (Å²) in [6.45, 7) is -0.0419. The minimum atomic E-state index is -1.03. The largest absolute Gasteiger partial charge is 0.508 e. The number of phenolic OH excluding ortho intramolecular Hbond substituents is 1. The highest BCUT2D eigenvalue weighted by atomic mass is 16.4. The van der Waals surface area contributed by atoms with Crippen molar-refractivity contribution in [3.63, 3.8) is 0 Å². The lowest BCUT2D eigenvalue weighted by atomic mass is 9.97. The van der Waals surface area contributed by atoms with E-state index in [4.69, 9.17) is 10.8 Å². The van der Waals surface area contributed by atoms with E-state index in [0.717, 1.165) is 5.69 Å². The third kappa shape index (κ3) is 2.43. The van der Waals surface area contributed by atoms with Crippen LogP contribution in [0.3, 0.4) is 0 Å². The molecule has 0 heterocycles. The van der Waals surface area contributed by atoms with Crippen molar-refractivity contribution in [3.05, 3.63) is 23.8 Å². The van der Waals surface area contributed by atoms with Gasteiger partial charge in [0, 0.05) is 31.9 Å². The maximum Gasteiger partial charge on any atom is 0.312 e. The monoisotopic (exact) mass is 224 g/mol. The summed E-state index contributed by atoms with van der Waals surface area (Å²) in [5, 5.41) is 18.6. The second kappa shape index (κ2) is 4.85. The van der Waals surface area contributed by atoms with E-state index in [0.29, 0.717) is 5.56 Å². The van der Waals surface area contributed by atoms with E-state index in [1.54, 1.807) is 12.1 Å². The van der Waals surface area contributed by atoms with Crippen LogP contribution >= 0.6 is 0 Å². The lowest BCUT2D eigenvalue weighted by molar-refractivity contribution is -0.138. The first-order valence-corrected chi connectivity index (χ1v) is 4.90. The molecular formula is C11H16N2O3. The summed E-state index contributed by atoms with van der Waals surface area (Å²) in [5.41, 5.74) is 6.57. The van der Waals surface area contributed by atoms with Crippen molar-refractivity contribution < 1.29 is 15.0 Å². The van der Waals surface area contributed by atoms with Crippen LogP contribution < -0.4 is 10.6 Å². The van der Waals surface area contributed by atoms with Crippen LogP contribution in [0.1, 0.15) is 11.5 Å². The van der Waals surface area contributed by atoms with Gasteiger partial charge in [-0.2, -0.15) is 0 Å². The number of benzene rings is 1. The number of aromatic hydroxyl groups is 1. The van der Waals surface area contributed by atoms with Gasteiger partial charge in [0.15, 0.2) is 0 Å². The molecule has 0 aliphatic carbocycles. The molecule has 1 atom stereocenters. The molecule has 0 saturated heterocycles. The first-order chi connectivity index (χ1) is 7.47. The number of hydrogen-bond donors (Lipinski definition) is 3. The molecule has 1 unspecified atom stereocenters. The van der Waals surface area contributed by atoms with Gasteiger partial charge >= 0.3 is 5.97 Å². The molecule has 0 aromatic heterocycles. The van der Waals surface area contributed by atoms with Crippen molar-refractivity contribution in [3.8, 4) is 5.75 Å². The Balaban J connectivity index is 3.19. The summed E-state index contributed by atoms with van der Waals surface area (Å²) in [7, 11) is 3.68. The molecular weight excluding hydrogens is 208 g/mol. The first kappa shape index (κ1) is 12.3.